The number of nitriles is 1. The summed E-state index contributed by atoms with van der Waals surface area (Å²) in [5, 5.41) is 12.1. The van der Waals surface area contributed by atoms with Crippen molar-refractivity contribution in [2.24, 2.45) is 5.92 Å². The van der Waals surface area contributed by atoms with Gasteiger partial charge in [0, 0.05) is 25.7 Å². The molecule has 3 rings (SSSR count). The van der Waals surface area contributed by atoms with Crippen LogP contribution in [0.1, 0.15) is 28.1 Å². The highest BCUT2D eigenvalue weighted by molar-refractivity contribution is 5.91. The highest BCUT2D eigenvalue weighted by Crippen LogP contribution is 2.20. The summed E-state index contributed by atoms with van der Waals surface area (Å²) in [5.74, 6) is 0.759. The van der Waals surface area contributed by atoms with E-state index in [-0.39, 0.29) is 11.7 Å². The van der Waals surface area contributed by atoms with Gasteiger partial charge in [-0.1, -0.05) is 18.2 Å². The molecule has 0 aliphatic carbocycles. The molecule has 1 aromatic heterocycles. The molecule has 0 radical (unpaired) electrons. The lowest BCUT2D eigenvalue weighted by atomic mass is 10.1. The van der Waals surface area contributed by atoms with Gasteiger partial charge < -0.3 is 14.5 Å². The number of likely N-dealkylation sites (tertiary alicyclic amines) is 1. The van der Waals surface area contributed by atoms with Crippen molar-refractivity contribution in [3.8, 4) is 12.0 Å². The molecule has 130 valence electrons. The Morgan fingerprint density at radius 3 is 3.00 bits per heavy atom. The number of nitrogens with one attached hydrogen (secondary N) is 1. The molecule has 25 heavy (non-hydrogen) atoms. The summed E-state index contributed by atoms with van der Waals surface area (Å²) >= 11 is 0. The van der Waals surface area contributed by atoms with E-state index in [0.717, 1.165) is 37.2 Å². The second-order valence-corrected chi connectivity index (χ2v) is 6.19. The first kappa shape index (κ1) is 17.1. The third-order valence-corrected chi connectivity index (χ3v) is 4.46. The van der Waals surface area contributed by atoms with Crippen molar-refractivity contribution in [3.05, 3.63) is 53.3 Å². The van der Waals surface area contributed by atoms with Crippen molar-refractivity contribution in [2.45, 2.75) is 13.0 Å². The second kappa shape index (κ2) is 7.86. The molecule has 1 aromatic carbocycles. The minimum atomic E-state index is -0.225. The number of methoxy groups -OCH3 is 1. The van der Waals surface area contributed by atoms with Gasteiger partial charge >= 0.3 is 0 Å². The number of carbonyl (C=O) groups excluding carboxylic acids is 1. The van der Waals surface area contributed by atoms with Gasteiger partial charge in [0.1, 0.15) is 0 Å². The molecule has 1 fully saturated rings. The predicted molar refractivity (Wildman–Crippen MR) is 92.1 cm³/mol. The normalized spacial score (nSPS) is 17.2. The fraction of sp³-hybridized carbons (Fsp3) is 0.368. The van der Waals surface area contributed by atoms with E-state index in [1.165, 1.54) is 7.11 Å². The molecule has 1 aliphatic heterocycles. The molecule has 1 aliphatic rings. The zero-order chi connectivity index (χ0) is 17.6. The SMILES string of the molecule is COc1ccc(C(=O)NC[C@H]2CCN(Cc3ccccc3C#N)C2)o1. The standard InChI is InChI=1S/C19H21N3O3/c1-24-18-7-6-17(25-18)19(23)21-11-14-8-9-22(12-14)13-16-5-3-2-4-15(16)10-20/h2-7,14H,8-9,11-13H2,1H3,(H,21,23)/t14-/m1/s1. The van der Waals surface area contributed by atoms with Crippen LogP contribution in [0.2, 0.25) is 0 Å². The number of nitrogens with zero attached hydrogens (tertiary/aromatic N) is 2. The largest absolute Gasteiger partial charge is 0.468 e. The maximum Gasteiger partial charge on any atom is 0.287 e. The maximum atomic E-state index is 12.1. The number of benzene rings is 1. The Balaban J connectivity index is 1.48. The van der Waals surface area contributed by atoms with Gasteiger partial charge in [0.15, 0.2) is 5.76 Å². The van der Waals surface area contributed by atoms with Gasteiger partial charge in [-0.25, -0.2) is 0 Å². The van der Waals surface area contributed by atoms with Gasteiger partial charge in [-0.05, 0) is 36.6 Å². The van der Waals surface area contributed by atoms with E-state index in [1.807, 2.05) is 24.3 Å². The van der Waals surface area contributed by atoms with Crippen molar-refractivity contribution in [3.63, 3.8) is 0 Å². The molecule has 0 unspecified atom stereocenters. The molecule has 1 N–H and O–H groups in total. The summed E-state index contributed by atoms with van der Waals surface area (Å²) < 4.78 is 10.2. The van der Waals surface area contributed by atoms with Gasteiger partial charge in [-0.2, -0.15) is 5.26 Å². The first-order valence-corrected chi connectivity index (χ1v) is 8.32. The molecule has 2 aromatic rings. The summed E-state index contributed by atoms with van der Waals surface area (Å²) in [4.78, 5) is 14.4. The van der Waals surface area contributed by atoms with Crippen LogP contribution in [0.25, 0.3) is 0 Å². The van der Waals surface area contributed by atoms with Crippen LogP contribution >= 0.6 is 0 Å². The highest BCUT2D eigenvalue weighted by Gasteiger charge is 2.24. The van der Waals surface area contributed by atoms with Gasteiger partial charge in [0.25, 0.3) is 11.9 Å². The van der Waals surface area contributed by atoms with Crippen LogP contribution in [0.15, 0.2) is 40.8 Å². The number of ether oxygens (including phenoxy) is 1. The van der Waals surface area contributed by atoms with Crippen molar-refractivity contribution in [1.29, 1.82) is 5.26 Å². The van der Waals surface area contributed by atoms with E-state index in [0.29, 0.717) is 18.4 Å². The fourth-order valence-electron chi connectivity index (χ4n) is 3.11. The van der Waals surface area contributed by atoms with Crippen LogP contribution in [-0.2, 0) is 6.54 Å². The Morgan fingerprint density at radius 2 is 2.24 bits per heavy atom. The summed E-state index contributed by atoms with van der Waals surface area (Å²) in [6, 6.07) is 13.2. The smallest absolute Gasteiger partial charge is 0.287 e. The lowest BCUT2D eigenvalue weighted by molar-refractivity contribution is 0.0913. The number of rotatable bonds is 6. The van der Waals surface area contributed by atoms with Gasteiger partial charge in [0.2, 0.25) is 0 Å². The molecule has 2 heterocycles. The van der Waals surface area contributed by atoms with Gasteiger partial charge in [-0.15, -0.1) is 0 Å². The Kier molecular flexibility index (Phi) is 5.36. The number of hydrogen-bond donors (Lipinski definition) is 1. The first-order chi connectivity index (χ1) is 12.2. The number of furan rings is 1. The second-order valence-electron chi connectivity index (χ2n) is 6.19. The van der Waals surface area contributed by atoms with Crippen LogP contribution in [0.3, 0.4) is 0 Å². The third-order valence-electron chi connectivity index (χ3n) is 4.46. The third kappa shape index (κ3) is 4.20. The topological polar surface area (TPSA) is 78.5 Å². The van der Waals surface area contributed by atoms with E-state index in [4.69, 9.17) is 9.15 Å². The van der Waals surface area contributed by atoms with Crippen LogP contribution in [-0.4, -0.2) is 37.6 Å². The maximum absolute atomic E-state index is 12.1. The summed E-state index contributed by atoms with van der Waals surface area (Å²) in [6.45, 7) is 3.25. The molecule has 0 saturated carbocycles. The Hall–Kier alpha value is -2.78. The van der Waals surface area contributed by atoms with E-state index in [2.05, 4.69) is 16.3 Å². The first-order valence-electron chi connectivity index (χ1n) is 8.32. The van der Waals surface area contributed by atoms with Crippen molar-refractivity contribution in [1.82, 2.24) is 10.2 Å². The zero-order valence-electron chi connectivity index (χ0n) is 14.2. The van der Waals surface area contributed by atoms with E-state index >= 15 is 0 Å². The van der Waals surface area contributed by atoms with Crippen LogP contribution in [0.4, 0.5) is 0 Å². The highest BCUT2D eigenvalue weighted by atomic mass is 16.6. The van der Waals surface area contributed by atoms with E-state index < -0.39 is 0 Å². The molecule has 1 amide bonds. The summed E-state index contributed by atoms with van der Waals surface area (Å²) in [5.41, 5.74) is 1.78. The number of carbonyl (C=O) groups is 1. The summed E-state index contributed by atoms with van der Waals surface area (Å²) in [7, 11) is 1.50. The van der Waals surface area contributed by atoms with Crippen LogP contribution < -0.4 is 10.1 Å². The van der Waals surface area contributed by atoms with Gasteiger partial charge in [-0.3, -0.25) is 9.69 Å². The fourth-order valence-corrected chi connectivity index (χ4v) is 3.11. The quantitative estimate of drug-likeness (QED) is 0.874. The molecule has 6 heteroatoms. The van der Waals surface area contributed by atoms with Crippen molar-refractivity contribution >= 4 is 5.91 Å². The Morgan fingerprint density at radius 1 is 1.40 bits per heavy atom. The Bertz CT molecular complexity index is 778. The molecule has 6 nitrogen and oxygen atoms in total. The lowest BCUT2D eigenvalue weighted by Gasteiger charge is -2.17. The average molecular weight is 339 g/mol. The van der Waals surface area contributed by atoms with Crippen molar-refractivity contribution < 1.29 is 13.9 Å². The van der Waals surface area contributed by atoms with E-state index in [1.54, 1.807) is 12.1 Å². The molecule has 0 bridgehead atoms. The molecule has 0 spiro atoms. The van der Waals surface area contributed by atoms with Crippen LogP contribution in [0.5, 0.6) is 5.95 Å². The molecular formula is C19H21N3O3. The number of amides is 1. The van der Waals surface area contributed by atoms with Crippen LogP contribution in [0, 0.1) is 17.2 Å². The van der Waals surface area contributed by atoms with Gasteiger partial charge in [0.05, 0.1) is 18.7 Å². The molecule has 1 saturated heterocycles. The summed E-state index contributed by atoms with van der Waals surface area (Å²) in [6.07, 6.45) is 1.02. The predicted octanol–water partition coefficient (Wildman–Crippen LogP) is 2.41. The number of hydrogen-bond acceptors (Lipinski definition) is 5. The van der Waals surface area contributed by atoms with E-state index in [9.17, 15) is 10.1 Å². The molecule has 1 atom stereocenters. The monoisotopic (exact) mass is 339 g/mol. The molecular weight excluding hydrogens is 318 g/mol. The minimum absolute atomic E-state index is 0.225. The minimum Gasteiger partial charge on any atom is -0.468 e. The Labute approximate surface area is 147 Å². The van der Waals surface area contributed by atoms with Crippen molar-refractivity contribution in [2.75, 3.05) is 26.7 Å². The zero-order valence-corrected chi connectivity index (χ0v) is 14.2. The lowest BCUT2D eigenvalue weighted by Crippen LogP contribution is -2.30. The average Bonchev–Trinajstić information content (AvgIpc) is 3.29.